The third-order valence-corrected chi connectivity index (χ3v) is 9.54. The second-order valence-electron chi connectivity index (χ2n) is 7.63. The normalized spacial score (nSPS) is 24.8. The fraction of sp³-hybridized carbons (Fsp3) is 0.381. The number of nitrogens with zero attached hydrogens (tertiary/aromatic N) is 1. The van der Waals surface area contributed by atoms with Crippen LogP contribution in [0.1, 0.15) is 31.4 Å². The van der Waals surface area contributed by atoms with Gasteiger partial charge < -0.3 is 4.74 Å². The highest BCUT2D eigenvalue weighted by Crippen LogP contribution is 2.53. The first kappa shape index (κ1) is 21.3. The van der Waals surface area contributed by atoms with Crippen LogP contribution in [-0.4, -0.2) is 35.3 Å². The largest absolute Gasteiger partial charge is 0.467 e. The Morgan fingerprint density at radius 1 is 1.11 bits per heavy atom. The average molecular weight is 513 g/mol. The molecule has 1 fully saturated rings. The number of halogens is 1. The SMILES string of the molecule is COC(=O)[C@@]1(c2ccccc2)C[C@H](I)C(C)(C)N1S(=O)(=O)c1ccc(C)cc1. The summed E-state index contributed by atoms with van der Waals surface area (Å²) >= 11 is 2.24. The van der Waals surface area contributed by atoms with Crippen LogP contribution in [-0.2, 0) is 25.1 Å². The molecule has 2 atom stereocenters. The van der Waals surface area contributed by atoms with E-state index in [1.165, 1.54) is 11.4 Å². The van der Waals surface area contributed by atoms with Gasteiger partial charge in [-0.05, 0) is 44.9 Å². The first-order valence-corrected chi connectivity index (χ1v) is 11.7. The van der Waals surface area contributed by atoms with E-state index in [-0.39, 0.29) is 8.82 Å². The van der Waals surface area contributed by atoms with Crippen LogP contribution in [0.4, 0.5) is 0 Å². The van der Waals surface area contributed by atoms with Crippen molar-refractivity contribution in [1.82, 2.24) is 4.31 Å². The molecular weight excluding hydrogens is 489 g/mol. The van der Waals surface area contributed by atoms with Crippen molar-refractivity contribution in [2.75, 3.05) is 7.11 Å². The zero-order valence-electron chi connectivity index (χ0n) is 16.3. The number of methoxy groups -OCH3 is 1. The van der Waals surface area contributed by atoms with Gasteiger partial charge in [0, 0.05) is 9.46 Å². The van der Waals surface area contributed by atoms with Crippen molar-refractivity contribution in [2.45, 2.75) is 47.1 Å². The first-order chi connectivity index (χ1) is 13.1. The Balaban J connectivity index is 2.32. The molecule has 0 spiro atoms. The van der Waals surface area contributed by atoms with Crippen molar-refractivity contribution >= 4 is 38.6 Å². The summed E-state index contributed by atoms with van der Waals surface area (Å²) in [6.45, 7) is 5.63. The molecule has 2 aromatic rings. The predicted molar refractivity (Wildman–Crippen MR) is 117 cm³/mol. The molecule has 5 nitrogen and oxygen atoms in total. The Hall–Kier alpha value is -1.45. The minimum Gasteiger partial charge on any atom is -0.467 e. The molecule has 7 heteroatoms. The molecule has 0 saturated carbocycles. The molecule has 1 heterocycles. The van der Waals surface area contributed by atoms with Gasteiger partial charge in [-0.3, -0.25) is 0 Å². The number of carbonyl (C=O) groups is 1. The van der Waals surface area contributed by atoms with Crippen molar-refractivity contribution in [3.05, 3.63) is 65.7 Å². The fourth-order valence-corrected chi connectivity index (χ4v) is 7.15. The molecule has 0 aromatic heterocycles. The van der Waals surface area contributed by atoms with Crippen LogP contribution in [0.25, 0.3) is 0 Å². The van der Waals surface area contributed by atoms with E-state index in [1.54, 1.807) is 36.4 Å². The number of ether oxygens (including phenoxy) is 1. The molecule has 1 saturated heterocycles. The average Bonchev–Trinajstić information content (AvgIpc) is 2.89. The summed E-state index contributed by atoms with van der Waals surface area (Å²) in [7, 11) is -2.68. The molecule has 0 N–H and O–H groups in total. The maximum Gasteiger partial charge on any atom is 0.332 e. The van der Waals surface area contributed by atoms with Crippen LogP contribution in [0.2, 0.25) is 0 Å². The number of sulfonamides is 1. The third kappa shape index (κ3) is 3.17. The third-order valence-electron chi connectivity index (χ3n) is 5.44. The van der Waals surface area contributed by atoms with Crippen molar-refractivity contribution in [1.29, 1.82) is 0 Å². The number of alkyl halides is 1. The van der Waals surface area contributed by atoms with E-state index in [9.17, 15) is 13.2 Å². The first-order valence-electron chi connectivity index (χ1n) is 8.98. The van der Waals surface area contributed by atoms with Crippen molar-refractivity contribution in [3.63, 3.8) is 0 Å². The summed E-state index contributed by atoms with van der Waals surface area (Å²) in [4.78, 5) is 13.3. The molecule has 0 aliphatic carbocycles. The molecule has 0 amide bonds. The highest BCUT2D eigenvalue weighted by Gasteiger charge is 2.65. The van der Waals surface area contributed by atoms with Gasteiger partial charge in [0.15, 0.2) is 5.54 Å². The van der Waals surface area contributed by atoms with Gasteiger partial charge in [0.25, 0.3) is 0 Å². The van der Waals surface area contributed by atoms with E-state index in [2.05, 4.69) is 22.6 Å². The highest BCUT2D eigenvalue weighted by atomic mass is 127. The van der Waals surface area contributed by atoms with Gasteiger partial charge in [-0.25, -0.2) is 13.2 Å². The maximum absolute atomic E-state index is 13.8. The number of esters is 1. The molecule has 1 aliphatic rings. The Bertz CT molecular complexity index is 973. The van der Waals surface area contributed by atoms with Crippen molar-refractivity contribution < 1.29 is 17.9 Å². The van der Waals surface area contributed by atoms with Gasteiger partial charge in [-0.15, -0.1) is 0 Å². The monoisotopic (exact) mass is 513 g/mol. The number of carbonyl (C=O) groups excluding carboxylic acids is 1. The van der Waals surface area contributed by atoms with Gasteiger partial charge in [-0.1, -0.05) is 70.6 Å². The summed E-state index contributed by atoms with van der Waals surface area (Å²) in [5.41, 5.74) is -0.637. The van der Waals surface area contributed by atoms with Crippen molar-refractivity contribution in [2.24, 2.45) is 0 Å². The molecule has 150 valence electrons. The van der Waals surface area contributed by atoms with E-state index in [4.69, 9.17) is 4.74 Å². The lowest BCUT2D eigenvalue weighted by atomic mass is 9.88. The molecule has 28 heavy (non-hydrogen) atoms. The number of hydrogen-bond donors (Lipinski definition) is 0. The van der Waals surface area contributed by atoms with Crippen LogP contribution in [0.15, 0.2) is 59.5 Å². The topological polar surface area (TPSA) is 63.7 Å². The minimum absolute atomic E-state index is 0.0929. The quantitative estimate of drug-likeness (QED) is 0.352. The zero-order chi connectivity index (χ0) is 20.7. The van der Waals surface area contributed by atoms with Gasteiger partial charge >= 0.3 is 5.97 Å². The standard InChI is InChI=1S/C21H24INO4S/c1-15-10-12-17(13-11-15)28(25,26)23-20(2,3)18(22)14-21(23,19(24)27-4)16-8-6-5-7-9-16/h5-13,18H,14H2,1-4H3/t18-,21-/m0/s1. The summed E-state index contributed by atoms with van der Waals surface area (Å²) < 4.78 is 34.1. The molecule has 3 rings (SSSR count). The van der Waals surface area contributed by atoms with Crippen LogP contribution in [0.3, 0.4) is 0 Å². The fourth-order valence-electron chi connectivity index (χ4n) is 3.94. The molecule has 1 aliphatic heterocycles. The van der Waals surface area contributed by atoms with E-state index in [1.807, 2.05) is 39.0 Å². The summed E-state index contributed by atoms with van der Waals surface area (Å²) in [5.74, 6) is -0.568. The number of rotatable bonds is 4. The Kier molecular flexibility index (Phi) is 5.64. The number of aryl methyl sites for hydroxylation is 1. The van der Waals surface area contributed by atoms with Gasteiger partial charge in [0.05, 0.1) is 12.0 Å². The van der Waals surface area contributed by atoms with Gasteiger partial charge in [-0.2, -0.15) is 4.31 Å². The Morgan fingerprint density at radius 2 is 1.68 bits per heavy atom. The number of benzene rings is 2. The lowest BCUT2D eigenvalue weighted by Gasteiger charge is -2.41. The maximum atomic E-state index is 13.8. The Labute approximate surface area is 180 Å². The summed E-state index contributed by atoms with van der Waals surface area (Å²) in [5, 5.41) is 0. The summed E-state index contributed by atoms with van der Waals surface area (Å²) in [6, 6.07) is 15.8. The lowest BCUT2D eigenvalue weighted by molar-refractivity contribution is -0.152. The van der Waals surface area contributed by atoms with E-state index in [0.717, 1.165) is 5.56 Å². The van der Waals surface area contributed by atoms with Crippen LogP contribution < -0.4 is 0 Å². The second kappa shape index (κ2) is 7.42. The molecule has 0 unspecified atom stereocenters. The van der Waals surface area contributed by atoms with Gasteiger partial charge in [0.2, 0.25) is 10.0 Å². The van der Waals surface area contributed by atoms with E-state index in [0.29, 0.717) is 12.0 Å². The molecule has 0 radical (unpaired) electrons. The summed E-state index contributed by atoms with van der Waals surface area (Å²) in [6.07, 6.45) is 0.336. The highest BCUT2D eigenvalue weighted by molar-refractivity contribution is 14.1. The smallest absolute Gasteiger partial charge is 0.332 e. The second-order valence-corrected chi connectivity index (χ2v) is 10.9. The van der Waals surface area contributed by atoms with Crippen molar-refractivity contribution in [3.8, 4) is 0 Å². The van der Waals surface area contributed by atoms with Crippen LogP contribution in [0.5, 0.6) is 0 Å². The van der Waals surface area contributed by atoms with Crippen LogP contribution in [0, 0.1) is 6.92 Å². The lowest BCUT2D eigenvalue weighted by Crippen LogP contribution is -2.57. The molecule has 0 bridgehead atoms. The minimum atomic E-state index is -3.98. The van der Waals surface area contributed by atoms with Crippen LogP contribution >= 0.6 is 22.6 Å². The van der Waals surface area contributed by atoms with E-state index >= 15 is 0 Å². The molecular formula is C21H24INO4S. The van der Waals surface area contributed by atoms with Gasteiger partial charge in [0.1, 0.15) is 0 Å². The zero-order valence-corrected chi connectivity index (χ0v) is 19.3. The number of hydrogen-bond acceptors (Lipinski definition) is 4. The predicted octanol–water partition coefficient (Wildman–Crippen LogP) is 4.04. The van der Waals surface area contributed by atoms with E-state index < -0.39 is 27.1 Å². The molecule has 2 aromatic carbocycles. The Morgan fingerprint density at radius 3 is 2.21 bits per heavy atom.